The molecule has 9 heteroatoms. The Bertz CT molecular complexity index is 722. The minimum atomic E-state index is -0.685. The van der Waals surface area contributed by atoms with Crippen molar-refractivity contribution in [2.24, 2.45) is 0 Å². The largest absolute Gasteiger partial charge is 0.461 e. The summed E-state index contributed by atoms with van der Waals surface area (Å²) in [6, 6.07) is 1.82. The molecular formula is C16H21N5O3S. The van der Waals surface area contributed by atoms with Crippen LogP contribution in [0.1, 0.15) is 35.3 Å². The van der Waals surface area contributed by atoms with Crippen LogP contribution in [0.15, 0.2) is 23.8 Å². The van der Waals surface area contributed by atoms with Gasteiger partial charge in [-0.15, -0.1) is 11.3 Å². The number of rotatable bonds is 6. The molecule has 3 heterocycles. The highest BCUT2D eigenvalue weighted by molar-refractivity contribution is 7.09. The first kappa shape index (κ1) is 17.6. The van der Waals surface area contributed by atoms with Gasteiger partial charge in [0.1, 0.15) is 10.5 Å². The lowest BCUT2D eigenvalue weighted by Gasteiger charge is -2.36. The van der Waals surface area contributed by atoms with Gasteiger partial charge in [0, 0.05) is 17.8 Å². The maximum Gasteiger partial charge on any atom is 0.357 e. The summed E-state index contributed by atoms with van der Waals surface area (Å²) in [5, 5.41) is 12.8. The summed E-state index contributed by atoms with van der Waals surface area (Å²) in [4.78, 5) is 28.8. The number of hydrogen-bond donors (Lipinski definition) is 2. The molecule has 8 nitrogen and oxygen atoms in total. The zero-order chi connectivity index (χ0) is 17.7. The van der Waals surface area contributed by atoms with E-state index in [1.165, 1.54) is 11.3 Å². The lowest BCUT2D eigenvalue weighted by Crippen LogP contribution is -2.54. The van der Waals surface area contributed by atoms with E-state index in [9.17, 15) is 9.59 Å². The smallest absolute Gasteiger partial charge is 0.357 e. The van der Waals surface area contributed by atoms with Crippen LogP contribution < -0.4 is 10.6 Å². The van der Waals surface area contributed by atoms with Gasteiger partial charge in [0.15, 0.2) is 5.69 Å². The summed E-state index contributed by atoms with van der Waals surface area (Å²) < 4.78 is 6.67. The van der Waals surface area contributed by atoms with Crippen molar-refractivity contribution in [3.8, 4) is 0 Å². The standard InChI is InChI=1S/C16H21N5O3S/c1-2-24-14(22)12-11-25-13(20-12)10-18-15(23)16(4-7-17-8-5-16)21-9-3-6-19-21/h3,6,9,11,17H,2,4-5,7-8,10H2,1H3,(H,18,23). The number of carbonyl (C=O) groups is 2. The fourth-order valence-corrected chi connectivity index (χ4v) is 3.64. The van der Waals surface area contributed by atoms with Crippen LogP contribution >= 0.6 is 11.3 Å². The molecule has 0 radical (unpaired) electrons. The average molecular weight is 363 g/mol. The number of ether oxygens (including phenoxy) is 1. The predicted octanol–water partition coefficient (Wildman–Crippen LogP) is 0.911. The van der Waals surface area contributed by atoms with Crippen LogP contribution in [0.5, 0.6) is 0 Å². The van der Waals surface area contributed by atoms with Crippen molar-refractivity contribution in [1.29, 1.82) is 0 Å². The van der Waals surface area contributed by atoms with Crippen molar-refractivity contribution in [2.75, 3.05) is 19.7 Å². The van der Waals surface area contributed by atoms with Crippen molar-refractivity contribution < 1.29 is 14.3 Å². The van der Waals surface area contributed by atoms with Gasteiger partial charge in [-0.3, -0.25) is 9.48 Å². The third-order valence-corrected chi connectivity index (χ3v) is 5.08. The second kappa shape index (κ2) is 7.75. The summed E-state index contributed by atoms with van der Waals surface area (Å²) >= 11 is 1.33. The van der Waals surface area contributed by atoms with Gasteiger partial charge < -0.3 is 15.4 Å². The van der Waals surface area contributed by atoms with E-state index in [1.54, 1.807) is 23.2 Å². The maximum absolute atomic E-state index is 12.9. The Hall–Kier alpha value is -2.26. The normalized spacial score (nSPS) is 16.4. The molecule has 1 aliphatic heterocycles. The molecule has 2 N–H and O–H groups in total. The van der Waals surface area contributed by atoms with E-state index in [2.05, 4.69) is 20.7 Å². The van der Waals surface area contributed by atoms with Crippen LogP contribution in [0.2, 0.25) is 0 Å². The van der Waals surface area contributed by atoms with E-state index in [4.69, 9.17) is 4.74 Å². The third-order valence-electron chi connectivity index (χ3n) is 4.23. The van der Waals surface area contributed by atoms with E-state index in [0.29, 0.717) is 24.5 Å². The molecular weight excluding hydrogens is 342 g/mol. The molecule has 0 unspecified atom stereocenters. The molecule has 0 atom stereocenters. The fourth-order valence-electron chi connectivity index (χ4n) is 2.93. The molecule has 0 bridgehead atoms. The molecule has 25 heavy (non-hydrogen) atoms. The molecule has 2 aromatic heterocycles. The Labute approximate surface area is 149 Å². The third kappa shape index (κ3) is 3.72. The number of esters is 1. The van der Waals surface area contributed by atoms with Gasteiger partial charge in [-0.25, -0.2) is 9.78 Å². The van der Waals surface area contributed by atoms with Gasteiger partial charge in [0.2, 0.25) is 5.91 Å². The van der Waals surface area contributed by atoms with E-state index in [0.717, 1.165) is 13.1 Å². The second-order valence-electron chi connectivity index (χ2n) is 5.76. The van der Waals surface area contributed by atoms with Gasteiger partial charge in [0.25, 0.3) is 0 Å². The van der Waals surface area contributed by atoms with Crippen molar-refractivity contribution in [2.45, 2.75) is 31.8 Å². The number of nitrogens with zero attached hydrogens (tertiary/aromatic N) is 3. The quantitative estimate of drug-likeness (QED) is 0.741. The summed E-state index contributed by atoms with van der Waals surface area (Å²) in [5.41, 5.74) is -0.407. The molecule has 1 amide bonds. The van der Waals surface area contributed by atoms with Crippen molar-refractivity contribution in [3.05, 3.63) is 34.5 Å². The van der Waals surface area contributed by atoms with E-state index < -0.39 is 11.5 Å². The van der Waals surface area contributed by atoms with Gasteiger partial charge in [0.05, 0.1) is 13.2 Å². The highest BCUT2D eigenvalue weighted by atomic mass is 32.1. The minimum Gasteiger partial charge on any atom is -0.461 e. The first-order chi connectivity index (χ1) is 12.2. The summed E-state index contributed by atoms with van der Waals surface area (Å²) in [5.74, 6) is -0.520. The molecule has 0 aromatic carbocycles. The van der Waals surface area contributed by atoms with Gasteiger partial charge >= 0.3 is 5.97 Å². The number of carbonyl (C=O) groups excluding carboxylic acids is 2. The number of amides is 1. The monoisotopic (exact) mass is 363 g/mol. The van der Waals surface area contributed by atoms with Gasteiger partial charge in [-0.1, -0.05) is 0 Å². The molecule has 1 fully saturated rings. The SMILES string of the molecule is CCOC(=O)c1csc(CNC(=O)C2(n3cccn3)CCNCC2)n1. The molecule has 3 rings (SSSR count). The molecule has 134 valence electrons. The molecule has 0 aliphatic carbocycles. The molecule has 1 saturated heterocycles. The van der Waals surface area contributed by atoms with Crippen LogP contribution in [-0.2, 0) is 21.6 Å². The molecule has 0 saturated carbocycles. The predicted molar refractivity (Wildman–Crippen MR) is 92.2 cm³/mol. The van der Waals surface area contributed by atoms with Crippen molar-refractivity contribution in [1.82, 2.24) is 25.4 Å². The topological polar surface area (TPSA) is 98.1 Å². The van der Waals surface area contributed by atoms with Gasteiger partial charge in [-0.05, 0) is 38.9 Å². The van der Waals surface area contributed by atoms with E-state index >= 15 is 0 Å². The summed E-state index contributed by atoms with van der Waals surface area (Å²) in [6.45, 7) is 3.86. The average Bonchev–Trinajstić information content (AvgIpc) is 3.32. The Morgan fingerprint density at radius 2 is 2.24 bits per heavy atom. The zero-order valence-corrected chi connectivity index (χ0v) is 14.8. The van der Waals surface area contributed by atoms with E-state index in [1.807, 2.05) is 12.3 Å². The first-order valence-corrected chi connectivity index (χ1v) is 9.14. The Balaban J connectivity index is 1.67. The highest BCUT2D eigenvalue weighted by Crippen LogP contribution is 2.27. The molecule has 0 spiro atoms. The summed E-state index contributed by atoms with van der Waals surface area (Å²) in [7, 11) is 0. The number of hydrogen-bond acceptors (Lipinski definition) is 7. The molecule has 2 aromatic rings. The number of thiazole rings is 1. The number of aromatic nitrogens is 3. The van der Waals surface area contributed by atoms with Crippen LogP contribution in [0.3, 0.4) is 0 Å². The summed E-state index contributed by atoms with van der Waals surface area (Å²) in [6.07, 6.45) is 4.86. The van der Waals surface area contributed by atoms with Crippen LogP contribution in [-0.4, -0.2) is 46.3 Å². The minimum absolute atomic E-state index is 0.0782. The molecule has 1 aliphatic rings. The fraction of sp³-hybridized carbons (Fsp3) is 0.500. The van der Waals surface area contributed by atoms with E-state index in [-0.39, 0.29) is 18.1 Å². The lowest BCUT2D eigenvalue weighted by atomic mass is 9.87. The maximum atomic E-state index is 12.9. The Morgan fingerprint density at radius 3 is 2.92 bits per heavy atom. The highest BCUT2D eigenvalue weighted by Gasteiger charge is 2.41. The van der Waals surface area contributed by atoms with Crippen LogP contribution in [0, 0.1) is 0 Å². The first-order valence-electron chi connectivity index (χ1n) is 8.26. The zero-order valence-electron chi connectivity index (χ0n) is 14.0. The van der Waals surface area contributed by atoms with Crippen LogP contribution in [0.4, 0.5) is 0 Å². The lowest BCUT2D eigenvalue weighted by molar-refractivity contribution is -0.132. The number of piperidine rings is 1. The van der Waals surface area contributed by atoms with Crippen LogP contribution in [0.25, 0.3) is 0 Å². The number of nitrogens with one attached hydrogen (secondary N) is 2. The van der Waals surface area contributed by atoms with Gasteiger partial charge in [-0.2, -0.15) is 5.10 Å². The van der Waals surface area contributed by atoms with Crippen molar-refractivity contribution in [3.63, 3.8) is 0 Å². The second-order valence-corrected chi connectivity index (χ2v) is 6.70. The van der Waals surface area contributed by atoms with Crippen molar-refractivity contribution >= 4 is 23.2 Å². The Morgan fingerprint density at radius 1 is 1.44 bits per heavy atom. The Kier molecular flexibility index (Phi) is 5.44.